The van der Waals surface area contributed by atoms with E-state index >= 15 is 0 Å². The second-order valence-electron chi connectivity index (χ2n) is 6.28. The Morgan fingerprint density at radius 3 is 2.33 bits per heavy atom. The zero-order valence-electron chi connectivity index (χ0n) is 16.5. The molecule has 1 heterocycles. The Labute approximate surface area is 183 Å². The maximum atomic E-state index is 12.1. The third kappa shape index (κ3) is 4.69. The molecule has 0 radical (unpaired) electrons. The zero-order valence-corrected chi connectivity index (χ0v) is 18.0. The van der Waals surface area contributed by atoms with E-state index in [1.54, 1.807) is 43.6 Å². The number of amides is 2. The van der Waals surface area contributed by atoms with E-state index in [9.17, 15) is 9.59 Å². The average molecular weight is 445 g/mol. The first kappa shape index (κ1) is 21.5. The van der Waals surface area contributed by atoms with Crippen LogP contribution < -0.4 is 9.64 Å². The van der Waals surface area contributed by atoms with Gasteiger partial charge in [0, 0.05) is 30.0 Å². The van der Waals surface area contributed by atoms with Gasteiger partial charge in [-0.25, -0.2) is 14.6 Å². The second kappa shape index (κ2) is 9.11. The van der Waals surface area contributed by atoms with Gasteiger partial charge in [-0.2, -0.15) is 5.10 Å². The summed E-state index contributed by atoms with van der Waals surface area (Å²) in [7, 11) is 1.58. The number of halogens is 2. The Balaban J connectivity index is 2.08. The zero-order chi connectivity index (χ0) is 21.8. The van der Waals surface area contributed by atoms with Crippen LogP contribution >= 0.6 is 23.2 Å². The highest BCUT2D eigenvalue weighted by Gasteiger charge is 2.23. The van der Waals surface area contributed by atoms with Crippen LogP contribution in [0.3, 0.4) is 0 Å². The van der Waals surface area contributed by atoms with Crippen LogP contribution in [0, 0.1) is 0 Å². The lowest BCUT2D eigenvalue weighted by Crippen LogP contribution is -2.35. The molecule has 1 aromatic heterocycles. The lowest BCUT2D eigenvalue weighted by molar-refractivity contribution is -0.124. The Morgan fingerprint density at radius 1 is 1.10 bits per heavy atom. The summed E-state index contributed by atoms with van der Waals surface area (Å²) in [5.41, 5.74) is 1.91. The number of methoxy groups -OCH3 is 1. The molecule has 3 rings (SSSR count). The van der Waals surface area contributed by atoms with Crippen LogP contribution in [0.25, 0.3) is 11.3 Å². The fraction of sp³-hybridized carbons (Fsp3) is 0.143. The summed E-state index contributed by atoms with van der Waals surface area (Å²) in [5.74, 6) is -0.184. The van der Waals surface area contributed by atoms with Crippen LogP contribution in [0.5, 0.6) is 5.75 Å². The summed E-state index contributed by atoms with van der Waals surface area (Å²) >= 11 is 12.1. The molecule has 3 aromatic rings. The van der Waals surface area contributed by atoms with Crippen molar-refractivity contribution in [2.75, 3.05) is 12.0 Å². The molecule has 0 unspecified atom stereocenters. The minimum atomic E-state index is -0.477. The molecule has 0 saturated heterocycles. The first-order valence-corrected chi connectivity index (χ1v) is 9.60. The predicted octanol–water partition coefficient (Wildman–Crippen LogP) is 4.65. The SMILES string of the molecule is COc1ccc(-c2cn(/N=C\c3ccc(Cl)cc3Cl)c(N(C(C)=O)C(C)=O)n2)cc1. The highest BCUT2D eigenvalue weighted by Crippen LogP contribution is 2.26. The lowest BCUT2D eigenvalue weighted by atomic mass is 10.2. The van der Waals surface area contributed by atoms with Crippen LogP contribution in [0.1, 0.15) is 19.4 Å². The van der Waals surface area contributed by atoms with Crippen molar-refractivity contribution in [1.29, 1.82) is 0 Å². The molecule has 2 amide bonds. The smallest absolute Gasteiger partial charge is 0.241 e. The summed E-state index contributed by atoms with van der Waals surface area (Å²) in [5, 5.41) is 5.28. The van der Waals surface area contributed by atoms with E-state index in [0.717, 1.165) is 10.5 Å². The van der Waals surface area contributed by atoms with Gasteiger partial charge in [0.15, 0.2) is 0 Å². The first-order valence-electron chi connectivity index (χ1n) is 8.84. The third-order valence-corrected chi connectivity index (χ3v) is 4.73. The Bertz CT molecular complexity index is 1110. The molecule has 0 N–H and O–H groups in total. The van der Waals surface area contributed by atoms with E-state index in [2.05, 4.69) is 10.1 Å². The topological polar surface area (TPSA) is 76.8 Å². The maximum absolute atomic E-state index is 12.1. The molecule has 0 aliphatic carbocycles. The van der Waals surface area contributed by atoms with Gasteiger partial charge in [-0.3, -0.25) is 9.59 Å². The standard InChI is InChI=1S/C21H18Cl2N4O3/c1-13(28)27(14(2)29)21-25-20(15-5-8-18(30-3)9-6-15)12-26(21)24-11-16-4-7-17(22)10-19(16)23/h4-12H,1-3H3/b24-11-. The maximum Gasteiger partial charge on any atom is 0.241 e. The van der Waals surface area contributed by atoms with Crippen LogP contribution in [0.4, 0.5) is 5.95 Å². The van der Waals surface area contributed by atoms with Gasteiger partial charge in [-0.05, 0) is 36.4 Å². The van der Waals surface area contributed by atoms with Crippen molar-refractivity contribution >= 4 is 47.2 Å². The van der Waals surface area contributed by atoms with E-state index in [4.69, 9.17) is 27.9 Å². The number of imidazole rings is 1. The Hall–Kier alpha value is -3.16. The monoisotopic (exact) mass is 444 g/mol. The van der Waals surface area contributed by atoms with Gasteiger partial charge < -0.3 is 4.74 Å². The molecule has 0 saturated carbocycles. The van der Waals surface area contributed by atoms with Crippen molar-refractivity contribution in [2.45, 2.75) is 13.8 Å². The van der Waals surface area contributed by atoms with Crippen molar-refractivity contribution in [3.8, 4) is 17.0 Å². The number of ether oxygens (including phenoxy) is 1. The van der Waals surface area contributed by atoms with E-state index in [0.29, 0.717) is 27.1 Å². The molecule has 0 bridgehead atoms. The average Bonchev–Trinajstić information content (AvgIpc) is 3.10. The molecule has 0 fully saturated rings. The quantitative estimate of drug-likeness (QED) is 0.536. The predicted molar refractivity (Wildman–Crippen MR) is 118 cm³/mol. The van der Waals surface area contributed by atoms with E-state index in [1.165, 1.54) is 24.7 Å². The number of carbonyl (C=O) groups is 2. The number of anilines is 1. The molecule has 154 valence electrons. The van der Waals surface area contributed by atoms with Gasteiger partial charge in [0.2, 0.25) is 17.8 Å². The van der Waals surface area contributed by atoms with Crippen LogP contribution in [-0.2, 0) is 9.59 Å². The van der Waals surface area contributed by atoms with Crippen molar-refractivity contribution in [3.63, 3.8) is 0 Å². The summed E-state index contributed by atoms with van der Waals surface area (Å²) in [4.78, 5) is 29.6. The van der Waals surface area contributed by atoms with Crippen LogP contribution in [-0.4, -0.2) is 34.8 Å². The van der Waals surface area contributed by atoms with Crippen molar-refractivity contribution in [1.82, 2.24) is 9.66 Å². The molecular formula is C21H18Cl2N4O3. The van der Waals surface area contributed by atoms with Gasteiger partial charge in [0.05, 0.1) is 30.2 Å². The van der Waals surface area contributed by atoms with Gasteiger partial charge in [-0.1, -0.05) is 29.3 Å². The lowest BCUT2D eigenvalue weighted by Gasteiger charge is -2.15. The first-order chi connectivity index (χ1) is 14.3. The molecule has 9 heteroatoms. The second-order valence-corrected chi connectivity index (χ2v) is 7.13. The van der Waals surface area contributed by atoms with E-state index in [1.807, 2.05) is 12.1 Å². The number of nitrogens with zero attached hydrogens (tertiary/aromatic N) is 4. The van der Waals surface area contributed by atoms with E-state index < -0.39 is 11.8 Å². The molecule has 7 nitrogen and oxygen atoms in total. The summed E-state index contributed by atoms with van der Waals surface area (Å²) < 4.78 is 6.53. The fourth-order valence-electron chi connectivity index (χ4n) is 2.73. The normalized spacial score (nSPS) is 11.0. The number of benzene rings is 2. The molecule has 30 heavy (non-hydrogen) atoms. The Morgan fingerprint density at radius 2 is 1.77 bits per heavy atom. The van der Waals surface area contributed by atoms with Gasteiger partial charge >= 0.3 is 0 Å². The molecule has 2 aromatic carbocycles. The van der Waals surface area contributed by atoms with Gasteiger partial charge in [0.25, 0.3) is 0 Å². The van der Waals surface area contributed by atoms with Crippen LogP contribution in [0.15, 0.2) is 53.8 Å². The molecule has 0 spiro atoms. The number of hydrogen-bond donors (Lipinski definition) is 0. The van der Waals surface area contributed by atoms with Crippen molar-refractivity contribution in [2.24, 2.45) is 5.10 Å². The molecule has 0 atom stereocenters. The van der Waals surface area contributed by atoms with Gasteiger partial charge in [-0.15, -0.1) is 0 Å². The highest BCUT2D eigenvalue weighted by molar-refractivity contribution is 6.36. The molecule has 0 aliphatic rings. The highest BCUT2D eigenvalue weighted by atomic mass is 35.5. The number of rotatable bonds is 5. The number of aromatic nitrogens is 2. The largest absolute Gasteiger partial charge is 0.497 e. The van der Waals surface area contributed by atoms with Crippen molar-refractivity contribution in [3.05, 3.63) is 64.3 Å². The fourth-order valence-corrected chi connectivity index (χ4v) is 3.19. The van der Waals surface area contributed by atoms with Crippen molar-refractivity contribution < 1.29 is 14.3 Å². The molecular weight excluding hydrogens is 427 g/mol. The minimum absolute atomic E-state index is 0.0714. The van der Waals surface area contributed by atoms with Gasteiger partial charge in [0.1, 0.15) is 5.75 Å². The van der Waals surface area contributed by atoms with E-state index in [-0.39, 0.29) is 5.95 Å². The summed E-state index contributed by atoms with van der Waals surface area (Å²) in [6.07, 6.45) is 3.12. The summed E-state index contributed by atoms with van der Waals surface area (Å²) in [6.45, 7) is 2.57. The summed E-state index contributed by atoms with van der Waals surface area (Å²) in [6, 6.07) is 12.2. The number of imide groups is 1. The Kier molecular flexibility index (Phi) is 6.54. The minimum Gasteiger partial charge on any atom is -0.497 e. The number of hydrogen-bond acceptors (Lipinski definition) is 5. The molecule has 0 aliphatic heterocycles. The number of carbonyl (C=O) groups excluding carboxylic acids is 2. The van der Waals surface area contributed by atoms with Crippen LogP contribution in [0.2, 0.25) is 10.0 Å². The third-order valence-electron chi connectivity index (χ3n) is 4.17.